The fraction of sp³-hybridized carbons (Fsp3) is 0.120. The Kier molecular flexibility index (Phi) is 5.81. The van der Waals surface area contributed by atoms with Gasteiger partial charge in [-0.15, -0.1) is 0 Å². The minimum Gasteiger partial charge on any atom is -0.339 e. The van der Waals surface area contributed by atoms with Gasteiger partial charge in [-0.25, -0.2) is 0 Å². The summed E-state index contributed by atoms with van der Waals surface area (Å²) in [6.45, 7) is 1.39. The molecule has 7 nitrogen and oxygen atoms in total. The molecule has 3 aromatic carbocycles. The fourth-order valence-electron chi connectivity index (χ4n) is 3.60. The van der Waals surface area contributed by atoms with Gasteiger partial charge >= 0.3 is 0 Å². The first-order valence-electron chi connectivity index (χ1n) is 10.1. The van der Waals surface area contributed by atoms with E-state index >= 15 is 0 Å². The summed E-state index contributed by atoms with van der Waals surface area (Å²) < 4.78 is 0. The maximum absolute atomic E-state index is 13.1. The number of rotatable bonds is 6. The molecule has 0 saturated heterocycles. The number of fused-ring (bicyclic) bond motifs is 1. The lowest BCUT2D eigenvalue weighted by Gasteiger charge is -2.21. The zero-order chi connectivity index (χ0) is 22.7. The summed E-state index contributed by atoms with van der Waals surface area (Å²) in [4.78, 5) is 51.9. The lowest BCUT2D eigenvalue weighted by Crippen LogP contribution is -2.44. The van der Waals surface area contributed by atoms with Gasteiger partial charge in [-0.05, 0) is 36.2 Å². The topological polar surface area (TPSA) is 95.6 Å². The SMILES string of the molecule is Cc1ccccc1NC(=O)C(NC(=O)CN1C(=O)c2ccccc2C1=O)c1ccccc1. The number of nitrogens with zero attached hydrogens (tertiary/aromatic N) is 1. The standard InChI is InChI=1S/C25H21N3O4/c1-16-9-5-8-14-20(16)26-23(30)22(17-10-3-2-4-11-17)27-21(29)15-28-24(31)18-12-6-7-13-19(18)25(28)32/h2-14,22H,15H2,1H3,(H,26,30)(H,27,29). The predicted octanol–water partition coefficient (Wildman–Crippen LogP) is 3.09. The molecule has 0 saturated carbocycles. The normalized spacial score (nSPS) is 13.5. The molecular weight excluding hydrogens is 406 g/mol. The van der Waals surface area contributed by atoms with E-state index in [1.54, 1.807) is 66.7 Å². The van der Waals surface area contributed by atoms with Crippen LogP contribution in [-0.4, -0.2) is 35.1 Å². The van der Waals surface area contributed by atoms with E-state index in [0.29, 0.717) is 11.3 Å². The summed E-state index contributed by atoms with van der Waals surface area (Å²) >= 11 is 0. The highest BCUT2D eigenvalue weighted by Gasteiger charge is 2.37. The molecule has 0 spiro atoms. The predicted molar refractivity (Wildman–Crippen MR) is 119 cm³/mol. The highest BCUT2D eigenvalue weighted by Crippen LogP contribution is 2.23. The van der Waals surface area contributed by atoms with E-state index in [4.69, 9.17) is 0 Å². The van der Waals surface area contributed by atoms with E-state index in [1.807, 2.05) is 19.1 Å². The summed E-state index contributed by atoms with van der Waals surface area (Å²) in [5.41, 5.74) is 2.62. The number of aryl methyl sites for hydroxylation is 1. The first-order chi connectivity index (χ1) is 15.5. The van der Waals surface area contributed by atoms with E-state index in [2.05, 4.69) is 10.6 Å². The number of hydrogen-bond acceptors (Lipinski definition) is 4. The van der Waals surface area contributed by atoms with Gasteiger partial charge in [-0.3, -0.25) is 24.1 Å². The first-order valence-corrected chi connectivity index (χ1v) is 10.1. The van der Waals surface area contributed by atoms with E-state index in [9.17, 15) is 19.2 Å². The van der Waals surface area contributed by atoms with Gasteiger partial charge in [0, 0.05) is 5.69 Å². The van der Waals surface area contributed by atoms with Crippen LogP contribution in [0.2, 0.25) is 0 Å². The minimum absolute atomic E-state index is 0.266. The monoisotopic (exact) mass is 427 g/mol. The van der Waals surface area contributed by atoms with E-state index in [0.717, 1.165) is 10.5 Å². The Labute approximate surface area is 185 Å². The molecule has 0 fully saturated rings. The van der Waals surface area contributed by atoms with Crippen LogP contribution in [0, 0.1) is 6.92 Å². The van der Waals surface area contributed by atoms with Crippen molar-refractivity contribution in [2.24, 2.45) is 0 Å². The maximum atomic E-state index is 13.1. The van der Waals surface area contributed by atoms with E-state index in [1.165, 1.54) is 0 Å². The van der Waals surface area contributed by atoms with Crippen molar-refractivity contribution in [2.75, 3.05) is 11.9 Å². The molecule has 2 N–H and O–H groups in total. The number of hydrogen-bond donors (Lipinski definition) is 2. The second kappa shape index (κ2) is 8.85. The third-order valence-electron chi connectivity index (χ3n) is 5.28. The molecule has 7 heteroatoms. The van der Waals surface area contributed by atoms with Gasteiger partial charge in [0.15, 0.2) is 0 Å². The van der Waals surface area contributed by atoms with E-state index in [-0.39, 0.29) is 11.1 Å². The van der Waals surface area contributed by atoms with Crippen LogP contribution in [0.4, 0.5) is 5.69 Å². The summed E-state index contributed by atoms with van der Waals surface area (Å²) in [6, 6.07) is 21.5. The molecule has 0 radical (unpaired) electrons. The number of benzene rings is 3. The molecule has 3 aromatic rings. The molecule has 1 aliphatic rings. The lowest BCUT2D eigenvalue weighted by molar-refractivity contribution is -0.126. The summed E-state index contributed by atoms with van der Waals surface area (Å²) in [7, 11) is 0. The summed E-state index contributed by atoms with van der Waals surface area (Å²) in [5.74, 6) is -2.10. The highest BCUT2D eigenvalue weighted by molar-refractivity contribution is 6.22. The zero-order valence-corrected chi connectivity index (χ0v) is 17.4. The van der Waals surface area contributed by atoms with Gasteiger partial charge in [0.1, 0.15) is 12.6 Å². The number of imide groups is 1. The molecular formula is C25H21N3O4. The van der Waals surface area contributed by atoms with Crippen molar-refractivity contribution in [3.05, 3.63) is 101 Å². The first kappa shape index (κ1) is 21.0. The van der Waals surface area contributed by atoms with Crippen LogP contribution >= 0.6 is 0 Å². The smallest absolute Gasteiger partial charge is 0.262 e. The van der Waals surface area contributed by atoms with Gasteiger partial charge in [0.25, 0.3) is 17.7 Å². The van der Waals surface area contributed by atoms with Crippen LogP contribution in [0.1, 0.15) is 37.9 Å². The van der Waals surface area contributed by atoms with Crippen molar-refractivity contribution >= 4 is 29.3 Å². The number of nitrogens with one attached hydrogen (secondary N) is 2. The molecule has 1 unspecified atom stereocenters. The van der Waals surface area contributed by atoms with Gasteiger partial charge in [0.2, 0.25) is 5.91 Å². The van der Waals surface area contributed by atoms with Crippen LogP contribution in [0.15, 0.2) is 78.9 Å². The molecule has 4 amide bonds. The Morgan fingerprint density at radius 2 is 1.38 bits per heavy atom. The van der Waals surface area contributed by atoms with Crippen LogP contribution in [0.3, 0.4) is 0 Å². The molecule has 32 heavy (non-hydrogen) atoms. The quantitative estimate of drug-likeness (QED) is 0.591. The number of anilines is 1. The third-order valence-corrected chi connectivity index (χ3v) is 5.28. The average Bonchev–Trinajstić information content (AvgIpc) is 3.04. The maximum Gasteiger partial charge on any atom is 0.262 e. The van der Waals surface area contributed by atoms with Crippen molar-refractivity contribution in [1.82, 2.24) is 10.2 Å². The van der Waals surface area contributed by atoms with Crippen molar-refractivity contribution < 1.29 is 19.2 Å². The molecule has 0 aromatic heterocycles. The Hall–Kier alpha value is -4.26. The van der Waals surface area contributed by atoms with Gasteiger partial charge in [-0.1, -0.05) is 60.7 Å². The van der Waals surface area contributed by atoms with Crippen molar-refractivity contribution in [3.63, 3.8) is 0 Å². The average molecular weight is 427 g/mol. The highest BCUT2D eigenvalue weighted by atomic mass is 16.2. The largest absolute Gasteiger partial charge is 0.339 e. The Bertz CT molecular complexity index is 1170. The second-order valence-electron chi connectivity index (χ2n) is 7.46. The molecule has 1 heterocycles. The number of carbonyl (C=O) groups is 4. The van der Waals surface area contributed by atoms with Crippen molar-refractivity contribution in [2.45, 2.75) is 13.0 Å². The van der Waals surface area contributed by atoms with Crippen molar-refractivity contribution in [1.29, 1.82) is 0 Å². The summed E-state index contributed by atoms with van der Waals surface area (Å²) in [6.07, 6.45) is 0. The zero-order valence-electron chi connectivity index (χ0n) is 17.4. The lowest BCUT2D eigenvalue weighted by atomic mass is 10.1. The number of carbonyl (C=O) groups excluding carboxylic acids is 4. The Morgan fingerprint density at radius 1 is 0.812 bits per heavy atom. The third kappa shape index (κ3) is 4.13. The van der Waals surface area contributed by atoms with Crippen molar-refractivity contribution in [3.8, 4) is 0 Å². The fourth-order valence-corrected chi connectivity index (χ4v) is 3.60. The van der Waals surface area contributed by atoms with Crippen LogP contribution < -0.4 is 10.6 Å². The molecule has 0 bridgehead atoms. The van der Waals surface area contributed by atoms with Crippen LogP contribution in [-0.2, 0) is 9.59 Å². The Balaban J connectivity index is 1.52. The molecule has 4 rings (SSSR count). The molecule has 1 aliphatic heterocycles. The number of para-hydroxylation sites is 1. The summed E-state index contributed by atoms with van der Waals surface area (Å²) in [5, 5.41) is 5.51. The second-order valence-corrected chi connectivity index (χ2v) is 7.46. The minimum atomic E-state index is -1.00. The Morgan fingerprint density at radius 3 is 2.00 bits per heavy atom. The molecule has 0 aliphatic carbocycles. The number of amides is 4. The van der Waals surface area contributed by atoms with E-state index < -0.39 is 36.2 Å². The van der Waals surface area contributed by atoms with Gasteiger partial charge in [-0.2, -0.15) is 0 Å². The van der Waals surface area contributed by atoms with Crippen LogP contribution in [0.5, 0.6) is 0 Å². The van der Waals surface area contributed by atoms with Gasteiger partial charge in [0.05, 0.1) is 11.1 Å². The van der Waals surface area contributed by atoms with Crippen LogP contribution in [0.25, 0.3) is 0 Å². The molecule has 160 valence electrons. The van der Waals surface area contributed by atoms with Gasteiger partial charge < -0.3 is 10.6 Å². The molecule has 1 atom stereocenters.